The molecule has 0 bridgehead atoms. The number of fused-ring (bicyclic) bond motifs is 1. The maximum absolute atomic E-state index is 12.1. The lowest BCUT2D eigenvalue weighted by atomic mass is 10.2. The van der Waals surface area contributed by atoms with Crippen LogP contribution in [-0.2, 0) is 6.54 Å². The molecule has 0 atom stereocenters. The fraction of sp³-hybridized carbons (Fsp3) is 0.176. The van der Waals surface area contributed by atoms with Gasteiger partial charge in [-0.3, -0.25) is 9.48 Å². The van der Waals surface area contributed by atoms with E-state index in [9.17, 15) is 4.79 Å². The molecule has 3 aromatic rings. The Bertz CT molecular complexity index is 864. The van der Waals surface area contributed by atoms with E-state index in [0.717, 1.165) is 21.5 Å². The maximum Gasteiger partial charge on any atom is 0.261 e. The molecule has 1 amide bonds. The Morgan fingerprint density at radius 1 is 1.43 bits per heavy atom. The van der Waals surface area contributed by atoms with Crippen molar-refractivity contribution in [1.82, 2.24) is 15.1 Å². The van der Waals surface area contributed by atoms with Crippen molar-refractivity contribution in [1.29, 1.82) is 0 Å². The Balaban J connectivity index is 1.91. The van der Waals surface area contributed by atoms with E-state index in [1.165, 1.54) is 11.3 Å². The van der Waals surface area contributed by atoms with Crippen molar-refractivity contribution >= 4 is 39.1 Å². The number of aromatic nitrogens is 2. The first-order valence-corrected chi connectivity index (χ1v) is 8.38. The summed E-state index contributed by atoms with van der Waals surface area (Å²) < 4.78 is 1.93. The quantitative estimate of drug-likeness (QED) is 0.710. The van der Waals surface area contributed by atoms with Crippen molar-refractivity contribution in [2.45, 2.75) is 13.5 Å². The van der Waals surface area contributed by atoms with Crippen LogP contribution in [0.4, 0.5) is 0 Å². The molecule has 0 aliphatic heterocycles. The maximum atomic E-state index is 12.1. The second-order valence-electron chi connectivity index (χ2n) is 5.20. The van der Waals surface area contributed by atoms with Crippen LogP contribution in [0, 0.1) is 6.92 Å². The van der Waals surface area contributed by atoms with Crippen LogP contribution >= 0.6 is 22.9 Å². The molecule has 1 aromatic carbocycles. The zero-order valence-corrected chi connectivity index (χ0v) is 14.2. The molecule has 0 saturated carbocycles. The van der Waals surface area contributed by atoms with Gasteiger partial charge in [-0.05, 0) is 30.7 Å². The van der Waals surface area contributed by atoms with E-state index in [1.807, 2.05) is 41.9 Å². The SMILES string of the molecule is C=CCNC(=O)c1cc2c(C)nn(Cc3ccc(Cl)cc3)c2s1. The molecule has 0 spiro atoms. The van der Waals surface area contributed by atoms with Gasteiger partial charge >= 0.3 is 0 Å². The average molecular weight is 346 g/mol. The van der Waals surface area contributed by atoms with Gasteiger partial charge in [0.1, 0.15) is 4.83 Å². The van der Waals surface area contributed by atoms with Crippen molar-refractivity contribution in [2.24, 2.45) is 0 Å². The third-order valence-electron chi connectivity index (χ3n) is 3.48. The van der Waals surface area contributed by atoms with Crippen LogP contribution in [0.2, 0.25) is 5.02 Å². The van der Waals surface area contributed by atoms with E-state index in [-0.39, 0.29) is 5.91 Å². The van der Waals surface area contributed by atoms with Crippen LogP contribution in [-0.4, -0.2) is 22.2 Å². The van der Waals surface area contributed by atoms with Gasteiger partial charge < -0.3 is 5.32 Å². The van der Waals surface area contributed by atoms with E-state index in [0.29, 0.717) is 23.0 Å². The van der Waals surface area contributed by atoms with Crippen molar-refractivity contribution in [3.8, 4) is 0 Å². The van der Waals surface area contributed by atoms with Crippen molar-refractivity contribution in [3.63, 3.8) is 0 Å². The van der Waals surface area contributed by atoms with Gasteiger partial charge in [-0.2, -0.15) is 5.10 Å². The number of halogens is 1. The summed E-state index contributed by atoms with van der Waals surface area (Å²) in [6.45, 7) is 6.67. The zero-order valence-electron chi connectivity index (χ0n) is 12.7. The lowest BCUT2D eigenvalue weighted by Gasteiger charge is -2.03. The standard InChI is InChI=1S/C17H16ClN3OS/c1-3-8-19-16(22)15-9-14-11(2)20-21(17(14)23-15)10-12-4-6-13(18)7-5-12/h3-7,9H,1,8,10H2,2H3,(H,19,22). The molecule has 6 heteroatoms. The van der Waals surface area contributed by atoms with Gasteiger partial charge in [0.2, 0.25) is 0 Å². The van der Waals surface area contributed by atoms with E-state index in [4.69, 9.17) is 11.6 Å². The zero-order chi connectivity index (χ0) is 16.4. The Morgan fingerprint density at radius 2 is 2.17 bits per heavy atom. The summed E-state index contributed by atoms with van der Waals surface area (Å²) >= 11 is 7.38. The molecule has 0 unspecified atom stereocenters. The predicted octanol–water partition coefficient (Wildman–Crippen LogP) is 4.02. The number of carbonyl (C=O) groups is 1. The topological polar surface area (TPSA) is 46.9 Å². The molecular weight excluding hydrogens is 330 g/mol. The van der Waals surface area contributed by atoms with Gasteiger partial charge in [-0.15, -0.1) is 17.9 Å². The summed E-state index contributed by atoms with van der Waals surface area (Å²) in [5.41, 5.74) is 2.04. The molecule has 0 aliphatic carbocycles. The van der Waals surface area contributed by atoms with Gasteiger partial charge in [0.25, 0.3) is 5.91 Å². The number of nitrogens with one attached hydrogen (secondary N) is 1. The highest BCUT2D eigenvalue weighted by Crippen LogP contribution is 2.29. The first kappa shape index (κ1) is 15.8. The molecule has 23 heavy (non-hydrogen) atoms. The first-order chi connectivity index (χ1) is 11.1. The number of aryl methyl sites for hydroxylation is 1. The summed E-state index contributed by atoms with van der Waals surface area (Å²) in [5, 5.41) is 9.12. The normalized spacial score (nSPS) is 10.9. The third-order valence-corrected chi connectivity index (χ3v) is 4.88. The number of hydrogen-bond acceptors (Lipinski definition) is 3. The fourth-order valence-corrected chi connectivity index (χ4v) is 3.55. The molecule has 0 aliphatic rings. The molecule has 3 rings (SSSR count). The highest BCUT2D eigenvalue weighted by Gasteiger charge is 2.16. The van der Waals surface area contributed by atoms with Gasteiger partial charge in [-0.1, -0.05) is 29.8 Å². The van der Waals surface area contributed by atoms with E-state index < -0.39 is 0 Å². The molecule has 2 heterocycles. The summed E-state index contributed by atoms with van der Waals surface area (Å²) in [6.07, 6.45) is 1.67. The van der Waals surface area contributed by atoms with Gasteiger partial charge in [-0.25, -0.2) is 0 Å². The van der Waals surface area contributed by atoms with Crippen LogP contribution in [0.5, 0.6) is 0 Å². The van der Waals surface area contributed by atoms with Crippen LogP contribution in [0.25, 0.3) is 10.2 Å². The van der Waals surface area contributed by atoms with E-state index >= 15 is 0 Å². The number of nitrogens with zero attached hydrogens (tertiary/aromatic N) is 2. The molecule has 4 nitrogen and oxygen atoms in total. The molecule has 0 fully saturated rings. The predicted molar refractivity (Wildman–Crippen MR) is 95.4 cm³/mol. The number of hydrogen-bond donors (Lipinski definition) is 1. The number of benzene rings is 1. The minimum absolute atomic E-state index is 0.0801. The number of amides is 1. The summed E-state index contributed by atoms with van der Waals surface area (Å²) in [6, 6.07) is 9.60. The molecule has 1 N–H and O–H groups in total. The fourth-order valence-electron chi connectivity index (χ4n) is 2.35. The van der Waals surface area contributed by atoms with Crippen molar-refractivity contribution in [3.05, 3.63) is 64.1 Å². The highest BCUT2D eigenvalue weighted by molar-refractivity contribution is 7.20. The number of carbonyl (C=O) groups excluding carboxylic acids is 1. The monoisotopic (exact) mass is 345 g/mol. The second kappa shape index (κ2) is 6.56. The average Bonchev–Trinajstić information content (AvgIpc) is 3.09. The smallest absolute Gasteiger partial charge is 0.261 e. The van der Waals surface area contributed by atoms with Crippen LogP contribution in [0.3, 0.4) is 0 Å². The van der Waals surface area contributed by atoms with Crippen LogP contribution < -0.4 is 5.32 Å². The molecule has 2 aromatic heterocycles. The molecule has 118 valence electrons. The van der Waals surface area contributed by atoms with E-state index in [1.54, 1.807) is 6.08 Å². The Kier molecular flexibility index (Phi) is 4.50. The lowest BCUT2D eigenvalue weighted by Crippen LogP contribution is -2.22. The molecule has 0 radical (unpaired) electrons. The summed E-state index contributed by atoms with van der Waals surface area (Å²) in [7, 11) is 0. The Morgan fingerprint density at radius 3 is 2.87 bits per heavy atom. The first-order valence-electron chi connectivity index (χ1n) is 7.19. The van der Waals surface area contributed by atoms with E-state index in [2.05, 4.69) is 17.0 Å². The van der Waals surface area contributed by atoms with Gasteiger partial charge in [0, 0.05) is 17.0 Å². The van der Waals surface area contributed by atoms with Crippen molar-refractivity contribution in [2.75, 3.05) is 6.54 Å². The second-order valence-corrected chi connectivity index (χ2v) is 6.66. The van der Waals surface area contributed by atoms with Crippen LogP contribution in [0.1, 0.15) is 20.9 Å². The van der Waals surface area contributed by atoms with Gasteiger partial charge in [0.15, 0.2) is 0 Å². The Hall–Kier alpha value is -2.11. The van der Waals surface area contributed by atoms with Crippen LogP contribution in [0.15, 0.2) is 43.0 Å². The molecular formula is C17H16ClN3OS. The summed E-state index contributed by atoms with van der Waals surface area (Å²) in [4.78, 5) is 13.8. The lowest BCUT2D eigenvalue weighted by molar-refractivity contribution is 0.0962. The summed E-state index contributed by atoms with van der Waals surface area (Å²) in [5.74, 6) is -0.0801. The minimum atomic E-state index is -0.0801. The minimum Gasteiger partial charge on any atom is -0.348 e. The van der Waals surface area contributed by atoms with Gasteiger partial charge in [0.05, 0.1) is 17.1 Å². The largest absolute Gasteiger partial charge is 0.348 e. The third kappa shape index (κ3) is 3.30. The van der Waals surface area contributed by atoms with Crippen molar-refractivity contribution < 1.29 is 4.79 Å². The molecule has 0 saturated heterocycles. The highest BCUT2D eigenvalue weighted by atomic mass is 35.5. The number of rotatable bonds is 5. The Labute approximate surface area is 143 Å². The number of thiophene rings is 1.